The first kappa shape index (κ1) is 16.5. The van der Waals surface area contributed by atoms with Crippen LogP contribution in [0.1, 0.15) is 20.1 Å². The Labute approximate surface area is 137 Å². The van der Waals surface area contributed by atoms with Crippen LogP contribution in [0.2, 0.25) is 0 Å². The highest BCUT2D eigenvalue weighted by molar-refractivity contribution is 5.76. The van der Waals surface area contributed by atoms with Crippen molar-refractivity contribution < 1.29 is 14.9 Å². The zero-order valence-corrected chi connectivity index (χ0v) is 13.2. The van der Waals surface area contributed by atoms with E-state index in [-0.39, 0.29) is 11.6 Å². The molecule has 1 saturated heterocycles. The maximum Gasteiger partial charge on any atom is 0.261 e. The summed E-state index contributed by atoms with van der Waals surface area (Å²) in [5.41, 5.74) is 10.3. The van der Waals surface area contributed by atoms with Crippen LogP contribution in [0.25, 0.3) is 11.0 Å². The van der Waals surface area contributed by atoms with Gasteiger partial charge in [0.1, 0.15) is 12.2 Å². The molecule has 0 aliphatic carbocycles. The molecule has 128 valence electrons. The molecule has 1 fully saturated rings. The van der Waals surface area contributed by atoms with Crippen molar-refractivity contribution >= 4 is 17.0 Å². The van der Waals surface area contributed by atoms with Crippen molar-refractivity contribution in [3.8, 4) is 11.8 Å². The molecule has 1 aliphatic heterocycles. The van der Waals surface area contributed by atoms with E-state index in [9.17, 15) is 15.0 Å². The first-order chi connectivity index (χ1) is 11.3. The molecule has 9 heteroatoms. The number of aliphatic hydroxyl groups excluding tert-OH is 2. The van der Waals surface area contributed by atoms with Gasteiger partial charge in [0.25, 0.3) is 5.56 Å². The van der Waals surface area contributed by atoms with Crippen molar-refractivity contribution in [1.29, 1.82) is 0 Å². The summed E-state index contributed by atoms with van der Waals surface area (Å²) < 4.78 is 7.27. The van der Waals surface area contributed by atoms with Crippen LogP contribution in [0, 0.1) is 11.8 Å². The molecule has 0 spiro atoms. The van der Waals surface area contributed by atoms with Crippen LogP contribution in [0.4, 0.5) is 5.95 Å². The van der Waals surface area contributed by atoms with E-state index in [4.69, 9.17) is 16.2 Å². The van der Waals surface area contributed by atoms with Crippen molar-refractivity contribution in [2.75, 3.05) is 5.73 Å². The van der Waals surface area contributed by atoms with E-state index in [1.165, 1.54) is 11.5 Å². The van der Waals surface area contributed by atoms with Gasteiger partial charge in [-0.05, 0) is 19.9 Å². The third-order valence-corrected chi connectivity index (χ3v) is 4.16. The molecule has 24 heavy (non-hydrogen) atoms. The predicted octanol–water partition coefficient (Wildman–Crippen LogP) is -1.33. The summed E-state index contributed by atoms with van der Waals surface area (Å²) in [6.07, 6.45) is -2.52. The molecule has 9 nitrogen and oxygen atoms in total. The number of nitrogens with zero attached hydrogens (tertiary/aromatic N) is 2. The van der Waals surface area contributed by atoms with Gasteiger partial charge in [-0.3, -0.25) is 9.78 Å². The number of hydrogen-bond donors (Lipinski definition) is 5. The highest BCUT2D eigenvalue weighted by atomic mass is 16.5. The Balaban J connectivity index is 2.20. The topological polar surface area (TPSA) is 152 Å². The molecule has 2 aromatic heterocycles. The third-order valence-electron chi connectivity index (χ3n) is 4.16. The summed E-state index contributed by atoms with van der Waals surface area (Å²) in [7, 11) is 0. The van der Waals surface area contributed by atoms with Crippen molar-refractivity contribution in [2.24, 2.45) is 5.73 Å². The number of hydrogen-bond acceptors (Lipinski definition) is 7. The molecule has 0 aromatic carbocycles. The third kappa shape index (κ3) is 2.28. The number of nitrogen functional groups attached to an aromatic ring is 1. The van der Waals surface area contributed by atoms with E-state index >= 15 is 0 Å². The Kier molecular flexibility index (Phi) is 3.85. The molecule has 0 radical (unpaired) electrons. The molecule has 3 rings (SSSR count). The fraction of sp³-hybridized carbons (Fsp3) is 0.467. The molecule has 5 atom stereocenters. The van der Waals surface area contributed by atoms with Gasteiger partial charge in [-0.25, -0.2) is 0 Å². The Morgan fingerprint density at radius 3 is 2.92 bits per heavy atom. The zero-order chi connectivity index (χ0) is 17.6. The Morgan fingerprint density at radius 1 is 1.58 bits per heavy atom. The fourth-order valence-electron chi connectivity index (χ4n) is 3.03. The molecule has 0 saturated carbocycles. The largest absolute Gasteiger partial charge is 0.391 e. The number of nitrogens with one attached hydrogen (secondary N) is 1. The average molecular weight is 333 g/mol. The number of aromatic amines is 1. The predicted molar refractivity (Wildman–Crippen MR) is 86.7 cm³/mol. The van der Waals surface area contributed by atoms with Crippen LogP contribution in [0.3, 0.4) is 0 Å². The normalized spacial score (nSPS) is 31.0. The number of fused-ring (bicyclic) bond motifs is 1. The van der Waals surface area contributed by atoms with Crippen molar-refractivity contribution in [3.05, 3.63) is 22.6 Å². The molecular formula is C15H19N5O4. The Bertz CT molecular complexity index is 893. The number of rotatable bonds is 2. The Hall–Kier alpha value is -2.38. The zero-order valence-electron chi connectivity index (χ0n) is 13.2. The van der Waals surface area contributed by atoms with Gasteiger partial charge in [-0.2, -0.15) is 4.98 Å². The minimum atomic E-state index is -1.48. The van der Waals surface area contributed by atoms with E-state index in [2.05, 4.69) is 21.8 Å². The number of nitrogens with two attached hydrogens (primary N) is 2. The number of H-pyrrole nitrogens is 1. The molecule has 7 N–H and O–H groups in total. The standard InChI is InChI=1S/C15H19N5O4/c1-3-5-15(17)10(22)9(7(2)21)24-13(15)20-6-4-8-11(20)18-14(16)19-12(8)23/h4,6-7,9-10,13,21-22H,17H2,1-2H3,(H3,16,18,19,23)/t7-,9-,10+,13-,15?/m1/s1. The van der Waals surface area contributed by atoms with E-state index < -0.39 is 35.6 Å². The maximum atomic E-state index is 12.0. The summed E-state index contributed by atoms with van der Waals surface area (Å²) in [5, 5.41) is 20.7. The van der Waals surface area contributed by atoms with Gasteiger partial charge < -0.3 is 31.0 Å². The van der Waals surface area contributed by atoms with E-state index in [1.54, 1.807) is 19.2 Å². The lowest BCUT2D eigenvalue weighted by Crippen LogP contribution is -2.54. The van der Waals surface area contributed by atoms with E-state index in [0.717, 1.165) is 0 Å². The summed E-state index contributed by atoms with van der Waals surface area (Å²) in [5.74, 6) is 5.39. The van der Waals surface area contributed by atoms with Crippen LogP contribution in [-0.2, 0) is 4.74 Å². The first-order valence-corrected chi connectivity index (χ1v) is 7.40. The molecular weight excluding hydrogens is 314 g/mol. The average Bonchev–Trinajstić information content (AvgIpc) is 3.00. The maximum absolute atomic E-state index is 12.0. The highest BCUT2D eigenvalue weighted by Gasteiger charge is 2.55. The van der Waals surface area contributed by atoms with Crippen molar-refractivity contribution in [3.63, 3.8) is 0 Å². The van der Waals surface area contributed by atoms with Gasteiger partial charge in [-0.15, -0.1) is 5.92 Å². The van der Waals surface area contributed by atoms with Gasteiger partial charge in [0, 0.05) is 6.20 Å². The summed E-state index contributed by atoms with van der Waals surface area (Å²) in [4.78, 5) is 18.5. The van der Waals surface area contributed by atoms with Crippen molar-refractivity contribution in [2.45, 2.75) is 43.9 Å². The van der Waals surface area contributed by atoms with E-state index in [0.29, 0.717) is 5.39 Å². The van der Waals surface area contributed by atoms with Crippen LogP contribution in [0.15, 0.2) is 17.1 Å². The summed E-state index contributed by atoms with van der Waals surface area (Å²) >= 11 is 0. The quantitative estimate of drug-likeness (QED) is 0.427. The number of aromatic nitrogens is 3. The lowest BCUT2D eigenvalue weighted by molar-refractivity contribution is -0.0755. The minimum absolute atomic E-state index is 0.0535. The highest BCUT2D eigenvalue weighted by Crippen LogP contribution is 2.39. The van der Waals surface area contributed by atoms with Gasteiger partial charge in [-0.1, -0.05) is 5.92 Å². The first-order valence-electron chi connectivity index (χ1n) is 7.40. The lowest BCUT2D eigenvalue weighted by Gasteiger charge is -2.28. The molecule has 1 aliphatic rings. The SMILES string of the molecule is CC#CC1(N)[C@@H](O)[C@@H]([C@@H](C)O)O[C@H]1n1ccc2c(=O)[nH]c(N)nc21. The fourth-order valence-corrected chi connectivity index (χ4v) is 3.03. The molecule has 0 amide bonds. The number of aliphatic hydroxyl groups is 2. The summed E-state index contributed by atoms with van der Waals surface area (Å²) in [6.45, 7) is 3.08. The van der Waals surface area contributed by atoms with Crippen LogP contribution in [-0.4, -0.2) is 48.6 Å². The Morgan fingerprint density at radius 2 is 2.29 bits per heavy atom. The molecule has 0 bridgehead atoms. The van der Waals surface area contributed by atoms with Gasteiger partial charge in [0.15, 0.2) is 17.4 Å². The minimum Gasteiger partial charge on any atom is -0.391 e. The summed E-state index contributed by atoms with van der Waals surface area (Å²) in [6, 6.07) is 1.55. The van der Waals surface area contributed by atoms with Gasteiger partial charge in [0.05, 0.1) is 11.5 Å². The molecule has 3 heterocycles. The van der Waals surface area contributed by atoms with Gasteiger partial charge in [0.2, 0.25) is 5.95 Å². The lowest BCUT2D eigenvalue weighted by atomic mass is 9.90. The van der Waals surface area contributed by atoms with Crippen molar-refractivity contribution in [1.82, 2.24) is 14.5 Å². The second-order valence-electron chi connectivity index (χ2n) is 5.86. The number of ether oxygens (including phenoxy) is 1. The second-order valence-corrected chi connectivity index (χ2v) is 5.86. The van der Waals surface area contributed by atoms with Crippen LogP contribution >= 0.6 is 0 Å². The second kappa shape index (κ2) is 5.61. The smallest absolute Gasteiger partial charge is 0.261 e. The molecule has 1 unspecified atom stereocenters. The van der Waals surface area contributed by atoms with E-state index in [1.807, 2.05) is 0 Å². The molecule has 2 aromatic rings. The van der Waals surface area contributed by atoms with Crippen LogP contribution < -0.4 is 17.0 Å². The van der Waals surface area contributed by atoms with Gasteiger partial charge >= 0.3 is 0 Å². The monoisotopic (exact) mass is 333 g/mol. The number of anilines is 1. The van der Waals surface area contributed by atoms with Crippen LogP contribution in [0.5, 0.6) is 0 Å².